The van der Waals surface area contributed by atoms with Crippen molar-refractivity contribution in [3.8, 4) is 27.6 Å². The minimum absolute atomic E-state index is 0.0964. The Morgan fingerprint density at radius 2 is 1.69 bits per heavy atom. The zero-order valence-electron chi connectivity index (χ0n) is 17.1. The van der Waals surface area contributed by atoms with E-state index < -0.39 is 6.04 Å². The largest absolute Gasteiger partial charge is 0.394 e. The molecule has 2 heterocycles. The van der Waals surface area contributed by atoms with E-state index in [2.05, 4.69) is 11.1 Å². The second-order valence-electron chi connectivity index (χ2n) is 7.72. The third kappa shape index (κ3) is 3.46. The van der Waals surface area contributed by atoms with E-state index in [4.69, 9.17) is 0 Å². The van der Waals surface area contributed by atoms with Crippen molar-refractivity contribution in [2.24, 2.45) is 0 Å². The molecule has 3 aromatic carbocycles. The van der Waals surface area contributed by atoms with Gasteiger partial charge in [-0.25, -0.2) is 9.37 Å². The van der Waals surface area contributed by atoms with Crippen LogP contribution in [0.25, 0.3) is 21.6 Å². The van der Waals surface area contributed by atoms with E-state index in [1.54, 1.807) is 12.1 Å². The molecule has 0 aliphatic carbocycles. The predicted octanol–water partition coefficient (Wildman–Crippen LogP) is 5.47. The van der Waals surface area contributed by atoms with E-state index in [0.29, 0.717) is 0 Å². The van der Waals surface area contributed by atoms with Crippen LogP contribution in [0.1, 0.15) is 11.5 Å². The van der Waals surface area contributed by atoms with Gasteiger partial charge in [-0.3, -0.25) is 0 Å². The topological polar surface area (TPSA) is 60.1 Å². The maximum atomic E-state index is 13.4. The first-order valence-electron chi connectivity index (χ1n) is 10.4. The summed E-state index contributed by atoms with van der Waals surface area (Å²) in [6.45, 7) is -0.0964. The Balaban J connectivity index is 1.50. The Morgan fingerprint density at radius 1 is 0.969 bits per heavy atom. The summed E-state index contributed by atoms with van der Waals surface area (Å²) >= 11 is 1.52. The van der Waals surface area contributed by atoms with Crippen molar-refractivity contribution in [1.29, 1.82) is 5.26 Å². The molecule has 1 aromatic heterocycles. The van der Waals surface area contributed by atoms with Crippen molar-refractivity contribution >= 4 is 16.5 Å². The Morgan fingerprint density at radius 3 is 2.41 bits per heavy atom. The number of thiazole rings is 1. The molecule has 1 saturated heterocycles. The highest BCUT2D eigenvalue weighted by atomic mass is 32.1. The number of anilines is 1. The summed E-state index contributed by atoms with van der Waals surface area (Å²) < 4.78 is 13.4. The molecule has 4 nitrogen and oxygen atoms in total. The molecule has 5 rings (SSSR count). The molecule has 1 N–H and O–H groups in total. The monoisotopic (exact) mass is 441 g/mol. The van der Waals surface area contributed by atoms with Crippen LogP contribution in [0, 0.1) is 17.1 Å². The number of nitriles is 1. The van der Waals surface area contributed by atoms with Crippen molar-refractivity contribution < 1.29 is 9.50 Å². The van der Waals surface area contributed by atoms with Gasteiger partial charge in [-0.05, 0) is 34.4 Å². The summed E-state index contributed by atoms with van der Waals surface area (Å²) in [6.07, 6.45) is 1.82. The van der Waals surface area contributed by atoms with Gasteiger partial charge in [0.15, 0.2) is 5.13 Å². The van der Waals surface area contributed by atoms with Crippen LogP contribution < -0.4 is 4.90 Å². The number of aliphatic hydroxyl groups is 1. The van der Waals surface area contributed by atoms with E-state index >= 15 is 0 Å². The molecule has 3 atom stereocenters. The van der Waals surface area contributed by atoms with Gasteiger partial charge in [0.05, 0.1) is 23.6 Å². The summed E-state index contributed by atoms with van der Waals surface area (Å²) in [5, 5.41) is 21.0. The molecule has 0 spiro atoms. The summed E-state index contributed by atoms with van der Waals surface area (Å²) in [6, 6.07) is 25.9. The Bertz CT molecular complexity index is 1270. The lowest BCUT2D eigenvalue weighted by Gasteiger charge is -2.52. The van der Waals surface area contributed by atoms with Crippen LogP contribution in [-0.4, -0.2) is 28.8 Å². The van der Waals surface area contributed by atoms with Crippen LogP contribution in [0.5, 0.6) is 0 Å². The van der Waals surface area contributed by atoms with Gasteiger partial charge >= 0.3 is 0 Å². The maximum Gasteiger partial charge on any atom is 0.187 e. The van der Waals surface area contributed by atoms with E-state index in [9.17, 15) is 14.8 Å². The van der Waals surface area contributed by atoms with Crippen LogP contribution >= 0.6 is 11.3 Å². The SMILES string of the molecule is N#C[C@H]1[C@@H](c2ccccc2-c2ccc(F)cc2)[C@H](CO)N1c1ncc(-c2ccccc2)s1. The van der Waals surface area contributed by atoms with Crippen LogP contribution in [0.3, 0.4) is 0 Å². The average Bonchev–Trinajstić information content (AvgIpc) is 3.30. The van der Waals surface area contributed by atoms with Crippen LogP contribution in [-0.2, 0) is 0 Å². The lowest BCUT2D eigenvalue weighted by atomic mass is 9.74. The zero-order chi connectivity index (χ0) is 22.1. The Hall–Kier alpha value is -3.53. The fourth-order valence-corrected chi connectivity index (χ4v) is 5.46. The summed E-state index contributed by atoms with van der Waals surface area (Å²) in [4.78, 5) is 7.51. The number of hydrogen-bond acceptors (Lipinski definition) is 5. The highest BCUT2D eigenvalue weighted by Gasteiger charge is 2.51. The summed E-state index contributed by atoms with van der Waals surface area (Å²) in [7, 11) is 0. The number of halogens is 1. The number of benzene rings is 3. The number of aliphatic hydroxyl groups excluding tert-OH is 1. The standard InChI is InChI=1S/C26H20FN3OS/c27-19-12-10-17(11-13-19)20-8-4-5-9-21(20)25-22(14-28)30(23(25)16-31)26-29-15-24(32-26)18-6-2-1-3-7-18/h1-13,15,22-23,25,31H,16H2/t22-,23-,25+/m0/s1. The van der Waals surface area contributed by atoms with Gasteiger partial charge in [0, 0.05) is 12.1 Å². The molecule has 4 aromatic rings. The molecule has 158 valence electrons. The second kappa shape index (κ2) is 8.54. The number of hydrogen-bond donors (Lipinski definition) is 1. The molecule has 0 radical (unpaired) electrons. The van der Waals surface area contributed by atoms with Crippen LogP contribution in [0.15, 0.2) is 85.1 Å². The molecule has 0 bridgehead atoms. The van der Waals surface area contributed by atoms with E-state index in [0.717, 1.165) is 32.3 Å². The molecule has 1 fully saturated rings. The minimum Gasteiger partial charge on any atom is -0.394 e. The van der Waals surface area contributed by atoms with Gasteiger partial charge in [-0.1, -0.05) is 78.1 Å². The van der Waals surface area contributed by atoms with Crippen molar-refractivity contribution in [3.63, 3.8) is 0 Å². The average molecular weight is 442 g/mol. The van der Waals surface area contributed by atoms with Crippen LogP contribution in [0.4, 0.5) is 9.52 Å². The van der Waals surface area contributed by atoms with Gasteiger partial charge in [0.2, 0.25) is 0 Å². The molecule has 0 amide bonds. The van der Waals surface area contributed by atoms with Crippen LogP contribution in [0.2, 0.25) is 0 Å². The maximum absolute atomic E-state index is 13.4. The fourth-order valence-electron chi connectivity index (χ4n) is 4.44. The molecule has 1 aliphatic rings. The van der Waals surface area contributed by atoms with Gasteiger partial charge in [0.1, 0.15) is 11.9 Å². The number of rotatable bonds is 5. The van der Waals surface area contributed by atoms with Crippen molar-refractivity contribution in [3.05, 3.63) is 96.4 Å². The first kappa shape index (κ1) is 20.4. The smallest absolute Gasteiger partial charge is 0.187 e. The minimum atomic E-state index is -0.455. The number of nitrogens with zero attached hydrogens (tertiary/aromatic N) is 3. The third-order valence-electron chi connectivity index (χ3n) is 5.98. The molecule has 0 saturated carbocycles. The van der Waals surface area contributed by atoms with E-state index in [1.165, 1.54) is 23.5 Å². The molecular weight excluding hydrogens is 421 g/mol. The molecule has 0 unspecified atom stereocenters. The molecular formula is C26H20FN3OS. The lowest BCUT2D eigenvalue weighted by Crippen LogP contribution is -2.63. The van der Waals surface area contributed by atoms with Gasteiger partial charge in [0.25, 0.3) is 0 Å². The van der Waals surface area contributed by atoms with Crippen molar-refractivity contribution in [2.45, 2.75) is 18.0 Å². The predicted molar refractivity (Wildman–Crippen MR) is 125 cm³/mol. The highest BCUT2D eigenvalue weighted by Crippen LogP contribution is 2.47. The van der Waals surface area contributed by atoms with Gasteiger partial charge < -0.3 is 10.0 Å². The van der Waals surface area contributed by atoms with Crippen molar-refractivity contribution in [2.75, 3.05) is 11.5 Å². The van der Waals surface area contributed by atoms with E-state index in [1.807, 2.05) is 65.7 Å². The third-order valence-corrected chi connectivity index (χ3v) is 7.04. The normalized spacial score (nSPS) is 19.9. The Kier molecular flexibility index (Phi) is 5.44. The lowest BCUT2D eigenvalue weighted by molar-refractivity contribution is 0.188. The first-order valence-corrected chi connectivity index (χ1v) is 11.2. The second-order valence-corrected chi connectivity index (χ2v) is 8.73. The summed E-state index contributed by atoms with van der Waals surface area (Å²) in [5.74, 6) is -0.475. The quantitative estimate of drug-likeness (QED) is 0.446. The van der Waals surface area contributed by atoms with Crippen molar-refractivity contribution in [1.82, 2.24) is 4.98 Å². The summed E-state index contributed by atoms with van der Waals surface area (Å²) in [5.41, 5.74) is 3.87. The number of aromatic nitrogens is 1. The molecule has 1 aliphatic heterocycles. The van der Waals surface area contributed by atoms with Gasteiger partial charge in [-0.2, -0.15) is 5.26 Å². The van der Waals surface area contributed by atoms with E-state index in [-0.39, 0.29) is 24.4 Å². The first-order chi connectivity index (χ1) is 15.7. The highest BCUT2D eigenvalue weighted by molar-refractivity contribution is 7.18. The zero-order valence-corrected chi connectivity index (χ0v) is 17.9. The Labute approximate surface area is 189 Å². The molecule has 32 heavy (non-hydrogen) atoms. The van der Waals surface area contributed by atoms with Gasteiger partial charge in [-0.15, -0.1) is 0 Å². The molecule has 6 heteroatoms. The fraction of sp³-hybridized carbons (Fsp3) is 0.154.